The van der Waals surface area contributed by atoms with Gasteiger partial charge in [0.15, 0.2) is 0 Å². The van der Waals surface area contributed by atoms with Gasteiger partial charge < -0.3 is 10.1 Å². The summed E-state index contributed by atoms with van der Waals surface area (Å²) in [5.41, 5.74) is 0. The van der Waals surface area contributed by atoms with E-state index in [-0.39, 0.29) is 0 Å². The first-order valence-corrected chi connectivity index (χ1v) is 7.69. The van der Waals surface area contributed by atoms with Gasteiger partial charge in [-0.3, -0.25) is 0 Å². The van der Waals surface area contributed by atoms with E-state index < -0.39 is 0 Å². The molecular weight excluding hydrogens is 210 g/mol. The molecule has 3 aliphatic rings. The summed E-state index contributed by atoms with van der Waals surface area (Å²) >= 11 is 0. The monoisotopic (exact) mass is 237 g/mol. The minimum atomic E-state index is 0.462. The standard InChI is InChI=1S/C15H27NO/c1-11-9-15(7-8-17-11)16-14-4-2-3-13(10-14)12-5-6-12/h11-16H,2-10H2,1H3. The highest BCUT2D eigenvalue weighted by atomic mass is 16.5. The molecule has 4 atom stereocenters. The lowest BCUT2D eigenvalue weighted by Gasteiger charge is -2.35. The summed E-state index contributed by atoms with van der Waals surface area (Å²) in [5, 5.41) is 3.92. The van der Waals surface area contributed by atoms with Crippen LogP contribution in [-0.4, -0.2) is 24.8 Å². The van der Waals surface area contributed by atoms with Crippen LogP contribution in [0.5, 0.6) is 0 Å². The van der Waals surface area contributed by atoms with E-state index in [2.05, 4.69) is 12.2 Å². The third-order valence-electron chi connectivity index (χ3n) is 4.96. The van der Waals surface area contributed by atoms with Crippen LogP contribution < -0.4 is 5.32 Å². The molecule has 2 nitrogen and oxygen atoms in total. The Morgan fingerprint density at radius 1 is 0.882 bits per heavy atom. The van der Waals surface area contributed by atoms with Crippen LogP contribution in [0.15, 0.2) is 0 Å². The van der Waals surface area contributed by atoms with Crippen LogP contribution in [0.3, 0.4) is 0 Å². The van der Waals surface area contributed by atoms with E-state index in [4.69, 9.17) is 4.74 Å². The van der Waals surface area contributed by atoms with Crippen LogP contribution in [0.2, 0.25) is 0 Å². The molecule has 3 fully saturated rings. The van der Waals surface area contributed by atoms with E-state index in [1.807, 2.05) is 0 Å². The third kappa shape index (κ3) is 3.23. The Labute approximate surface area is 105 Å². The average molecular weight is 237 g/mol. The van der Waals surface area contributed by atoms with Crippen molar-refractivity contribution in [3.05, 3.63) is 0 Å². The number of rotatable bonds is 3. The highest BCUT2D eigenvalue weighted by Gasteiger charge is 2.35. The molecule has 98 valence electrons. The minimum absolute atomic E-state index is 0.462. The van der Waals surface area contributed by atoms with Crippen molar-refractivity contribution >= 4 is 0 Å². The van der Waals surface area contributed by atoms with Gasteiger partial charge in [0.2, 0.25) is 0 Å². The molecule has 2 saturated carbocycles. The molecule has 0 aromatic rings. The summed E-state index contributed by atoms with van der Waals surface area (Å²) in [4.78, 5) is 0. The average Bonchev–Trinajstić information content (AvgIpc) is 3.13. The van der Waals surface area contributed by atoms with Crippen LogP contribution in [0.4, 0.5) is 0 Å². The van der Waals surface area contributed by atoms with Gasteiger partial charge in [0.25, 0.3) is 0 Å². The fourth-order valence-electron chi connectivity index (χ4n) is 3.86. The quantitative estimate of drug-likeness (QED) is 0.814. The van der Waals surface area contributed by atoms with Crippen LogP contribution in [0.25, 0.3) is 0 Å². The molecule has 1 saturated heterocycles. The van der Waals surface area contributed by atoms with Crippen molar-refractivity contribution < 1.29 is 4.74 Å². The number of ether oxygens (including phenoxy) is 1. The molecular formula is C15H27NO. The lowest BCUT2D eigenvalue weighted by Crippen LogP contribution is -2.45. The Kier molecular flexibility index (Phi) is 3.72. The van der Waals surface area contributed by atoms with Gasteiger partial charge in [0.1, 0.15) is 0 Å². The largest absolute Gasteiger partial charge is 0.378 e. The molecule has 0 bridgehead atoms. The van der Waals surface area contributed by atoms with Crippen LogP contribution in [0.1, 0.15) is 58.3 Å². The predicted molar refractivity (Wildman–Crippen MR) is 70.0 cm³/mol. The highest BCUT2D eigenvalue weighted by molar-refractivity contribution is 4.89. The van der Waals surface area contributed by atoms with Crippen LogP contribution in [0, 0.1) is 11.8 Å². The lowest BCUT2D eigenvalue weighted by atomic mass is 9.82. The van der Waals surface area contributed by atoms with E-state index in [9.17, 15) is 0 Å². The number of nitrogens with one attached hydrogen (secondary N) is 1. The Hall–Kier alpha value is -0.0800. The lowest BCUT2D eigenvalue weighted by molar-refractivity contribution is 0.00955. The fourth-order valence-corrected chi connectivity index (χ4v) is 3.86. The van der Waals surface area contributed by atoms with Gasteiger partial charge in [0, 0.05) is 18.7 Å². The molecule has 3 rings (SSSR count). The summed E-state index contributed by atoms with van der Waals surface area (Å²) in [6, 6.07) is 1.53. The van der Waals surface area contributed by atoms with Gasteiger partial charge in [-0.25, -0.2) is 0 Å². The molecule has 1 aliphatic heterocycles. The second kappa shape index (κ2) is 5.27. The van der Waals surface area contributed by atoms with Crippen LogP contribution >= 0.6 is 0 Å². The summed E-state index contributed by atoms with van der Waals surface area (Å²) in [6.45, 7) is 3.17. The predicted octanol–water partition coefficient (Wildman–Crippen LogP) is 3.11. The molecule has 0 radical (unpaired) electrons. The maximum Gasteiger partial charge on any atom is 0.0561 e. The van der Waals surface area contributed by atoms with E-state index in [0.717, 1.165) is 30.5 Å². The molecule has 2 aliphatic carbocycles. The summed E-state index contributed by atoms with van der Waals surface area (Å²) in [7, 11) is 0. The van der Waals surface area contributed by atoms with Gasteiger partial charge in [0.05, 0.1) is 6.10 Å². The smallest absolute Gasteiger partial charge is 0.0561 e. The van der Waals surface area contributed by atoms with Gasteiger partial charge in [-0.2, -0.15) is 0 Å². The molecule has 1 N–H and O–H groups in total. The molecule has 2 heteroatoms. The van der Waals surface area contributed by atoms with Crippen molar-refractivity contribution in [2.45, 2.75) is 76.5 Å². The van der Waals surface area contributed by atoms with Crippen molar-refractivity contribution in [1.29, 1.82) is 0 Å². The summed E-state index contributed by atoms with van der Waals surface area (Å²) in [5.74, 6) is 2.16. The first-order valence-electron chi connectivity index (χ1n) is 7.69. The molecule has 17 heavy (non-hydrogen) atoms. The summed E-state index contributed by atoms with van der Waals surface area (Å²) < 4.78 is 5.63. The first-order chi connectivity index (χ1) is 8.31. The van der Waals surface area contributed by atoms with E-state index in [1.165, 1.54) is 51.4 Å². The highest BCUT2D eigenvalue weighted by Crippen LogP contribution is 2.44. The summed E-state index contributed by atoms with van der Waals surface area (Å²) in [6.07, 6.45) is 11.8. The van der Waals surface area contributed by atoms with Gasteiger partial charge in [-0.1, -0.05) is 12.8 Å². The fraction of sp³-hybridized carbons (Fsp3) is 1.00. The molecule has 0 spiro atoms. The Morgan fingerprint density at radius 2 is 1.71 bits per heavy atom. The van der Waals surface area contributed by atoms with Gasteiger partial charge in [-0.15, -0.1) is 0 Å². The maximum atomic E-state index is 5.63. The maximum absolute atomic E-state index is 5.63. The second-order valence-electron chi connectivity index (χ2n) is 6.53. The van der Waals surface area contributed by atoms with Crippen molar-refractivity contribution in [3.8, 4) is 0 Å². The van der Waals surface area contributed by atoms with Crippen molar-refractivity contribution in [3.63, 3.8) is 0 Å². The molecule has 0 aromatic heterocycles. The first kappa shape index (κ1) is 12.0. The van der Waals surface area contributed by atoms with E-state index in [1.54, 1.807) is 0 Å². The van der Waals surface area contributed by atoms with Crippen molar-refractivity contribution in [2.24, 2.45) is 11.8 Å². The van der Waals surface area contributed by atoms with Gasteiger partial charge in [-0.05, 0) is 57.3 Å². The Morgan fingerprint density at radius 3 is 2.47 bits per heavy atom. The Bertz CT molecular complexity index is 251. The molecule has 0 aromatic carbocycles. The van der Waals surface area contributed by atoms with Crippen molar-refractivity contribution in [1.82, 2.24) is 5.32 Å². The van der Waals surface area contributed by atoms with E-state index in [0.29, 0.717) is 6.10 Å². The molecule has 1 heterocycles. The minimum Gasteiger partial charge on any atom is -0.378 e. The van der Waals surface area contributed by atoms with Gasteiger partial charge >= 0.3 is 0 Å². The zero-order valence-electron chi connectivity index (χ0n) is 11.2. The number of hydrogen-bond acceptors (Lipinski definition) is 2. The number of hydrogen-bond donors (Lipinski definition) is 1. The van der Waals surface area contributed by atoms with Crippen LogP contribution in [-0.2, 0) is 4.74 Å². The Balaban J connectivity index is 1.46. The third-order valence-corrected chi connectivity index (χ3v) is 4.96. The topological polar surface area (TPSA) is 21.3 Å². The normalized spacial score (nSPS) is 43.6. The second-order valence-corrected chi connectivity index (χ2v) is 6.53. The zero-order valence-corrected chi connectivity index (χ0v) is 11.2. The van der Waals surface area contributed by atoms with Crippen molar-refractivity contribution in [2.75, 3.05) is 6.61 Å². The zero-order chi connectivity index (χ0) is 11.7. The molecule has 4 unspecified atom stereocenters. The van der Waals surface area contributed by atoms with E-state index >= 15 is 0 Å². The SMILES string of the molecule is CC1CC(NC2CCCC(C3CC3)C2)CCO1. The molecule has 0 amide bonds.